The van der Waals surface area contributed by atoms with Crippen molar-refractivity contribution in [3.63, 3.8) is 0 Å². The van der Waals surface area contributed by atoms with Crippen molar-refractivity contribution >= 4 is 19.5 Å². The van der Waals surface area contributed by atoms with Crippen LogP contribution in [0.5, 0.6) is 0 Å². The molecule has 150 valence electrons. The predicted octanol–water partition coefficient (Wildman–Crippen LogP) is 7.00. The number of carbonyl (C=O) groups excluding carboxylic acids is 2. The molecule has 0 saturated carbocycles. The first-order valence-electron chi connectivity index (χ1n) is 10.7. The highest BCUT2D eigenvalue weighted by atomic mass is 31.1. The van der Waals surface area contributed by atoms with Crippen molar-refractivity contribution in [2.45, 2.75) is 73.1 Å². The Kier molecular flexibility index (Phi) is 11.4. The van der Waals surface area contributed by atoms with E-state index in [9.17, 15) is 9.59 Å². The van der Waals surface area contributed by atoms with Crippen LogP contribution in [-0.4, -0.2) is 30.1 Å². The van der Waals surface area contributed by atoms with Crippen LogP contribution in [0.25, 0.3) is 0 Å². The minimum atomic E-state index is -0.0299. The molecule has 0 bridgehead atoms. The molecule has 0 spiro atoms. The zero-order valence-electron chi connectivity index (χ0n) is 18.0. The number of carbonyl (C=O) groups is 2. The highest BCUT2D eigenvalue weighted by molar-refractivity contribution is 7.57. The van der Waals surface area contributed by atoms with Gasteiger partial charge in [-0.2, -0.15) is 0 Å². The highest BCUT2D eigenvalue weighted by Gasteiger charge is 2.26. The summed E-state index contributed by atoms with van der Waals surface area (Å²) >= 11 is 0. The van der Waals surface area contributed by atoms with Gasteiger partial charge in [-0.15, -0.1) is 0 Å². The van der Waals surface area contributed by atoms with Crippen LogP contribution in [0.2, 0.25) is 0 Å². The number of unbranched alkanes of at least 4 members (excludes halogenated alkanes) is 3. The van der Waals surface area contributed by atoms with Crippen molar-refractivity contribution in [2.24, 2.45) is 0 Å². The molecule has 0 radical (unpaired) electrons. The topological polar surface area (TPSA) is 34.1 Å². The van der Waals surface area contributed by atoms with Crippen molar-refractivity contribution in [3.05, 3.63) is 46.5 Å². The first kappa shape index (κ1) is 23.8. The van der Waals surface area contributed by atoms with E-state index >= 15 is 0 Å². The van der Waals surface area contributed by atoms with Crippen LogP contribution in [0.1, 0.15) is 93.9 Å². The SMILES string of the molecule is CC1=C(C)C(=O)c2ccccc2C1=O.CCCC[PH+](CCCC)CCCC. The summed E-state index contributed by atoms with van der Waals surface area (Å²) in [5.74, 6) is -0.0598. The normalized spacial score (nSPS) is 13.6. The second-order valence-electron chi connectivity index (χ2n) is 7.51. The van der Waals surface area contributed by atoms with Crippen molar-refractivity contribution in [1.29, 1.82) is 0 Å². The smallest absolute Gasteiger partial charge is 0.189 e. The van der Waals surface area contributed by atoms with Gasteiger partial charge in [0, 0.05) is 30.2 Å². The lowest BCUT2D eigenvalue weighted by Crippen LogP contribution is -2.19. The maximum Gasteiger partial charge on any atom is 0.189 e. The van der Waals surface area contributed by atoms with Crippen LogP contribution in [0, 0.1) is 0 Å². The average Bonchev–Trinajstić information content (AvgIpc) is 2.70. The van der Waals surface area contributed by atoms with Crippen molar-refractivity contribution in [2.75, 3.05) is 18.5 Å². The largest absolute Gasteiger partial charge is 0.289 e. The molecule has 0 N–H and O–H groups in total. The van der Waals surface area contributed by atoms with E-state index in [4.69, 9.17) is 0 Å². The molecule has 0 heterocycles. The first-order chi connectivity index (χ1) is 13.0. The Morgan fingerprint density at radius 3 is 1.30 bits per heavy atom. The lowest BCUT2D eigenvalue weighted by Gasteiger charge is -2.15. The fraction of sp³-hybridized carbons (Fsp3) is 0.583. The van der Waals surface area contributed by atoms with Gasteiger partial charge in [-0.3, -0.25) is 9.59 Å². The highest BCUT2D eigenvalue weighted by Crippen LogP contribution is 2.38. The van der Waals surface area contributed by atoms with E-state index in [1.54, 1.807) is 56.6 Å². The number of fused-ring (bicyclic) bond motifs is 1. The third kappa shape index (κ3) is 7.34. The minimum Gasteiger partial charge on any atom is -0.289 e. The number of rotatable bonds is 9. The average molecular weight is 390 g/mol. The van der Waals surface area contributed by atoms with E-state index in [1.165, 1.54) is 38.5 Å². The van der Waals surface area contributed by atoms with Crippen LogP contribution in [0.3, 0.4) is 0 Å². The number of benzene rings is 1. The van der Waals surface area contributed by atoms with E-state index in [-0.39, 0.29) is 19.5 Å². The van der Waals surface area contributed by atoms with Gasteiger partial charge in [0.2, 0.25) is 0 Å². The molecule has 0 atom stereocenters. The Labute approximate surface area is 167 Å². The minimum absolute atomic E-state index is 0.0299. The molecule has 2 nitrogen and oxygen atoms in total. The van der Waals surface area contributed by atoms with E-state index in [2.05, 4.69) is 20.8 Å². The third-order valence-electron chi connectivity index (χ3n) is 5.31. The van der Waals surface area contributed by atoms with Crippen molar-refractivity contribution in [3.8, 4) is 0 Å². The quantitative estimate of drug-likeness (QED) is 0.426. The first-order valence-corrected chi connectivity index (χ1v) is 12.8. The number of ketones is 2. The van der Waals surface area contributed by atoms with Gasteiger partial charge in [0.15, 0.2) is 11.6 Å². The molecule has 1 aromatic carbocycles. The van der Waals surface area contributed by atoms with Gasteiger partial charge in [-0.05, 0) is 33.1 Å². The molecule has 27 heavy (non-hydrogen) atoms. The molecule has 0 amide bonds. The maximum atomic E-state index is 11.8. The zero-order valence-corrected chi connectivity index (χ0v) is 19.0. The summed E-state index contributed by atoms with van der Waals surface area (Å²) in [4.78, 5) is 23.5. The molecule has 1 aliphatic rings. The summed E-state index contributed by atoms with van der Waals surface area (Å²) in [5, 5.41) is 0. The summed E-state index contributed by atoms with van der Waals surface area (Å²) in [5.41, 5.74) is 2.18. The Morgan fingerprint density at radius 1 is 0.667 bits per heavy atom. The van der Waals surface area contributed by atoms with Gasteiger partial charge in [-0.25, -0.2) is 0 Å². The predicted molar refractivity (Wildman–Crippen MR) is 121 cm³/mol. The maximum absolute atomic E-state index is 11.8. The van der Waals surface area contributed by atoms with E-state index in [0.29, 0.717) is 22.3 Å². The Balaban J connectivity index is 0.000000271. The second kappa shape index (κ2) is 13.0. The van der Waals surface area contributed by atoms with Crippen molar-refractivity contribution in [1.82, 2.24) is 0 Å². The van der Waals surface area contributed by atoms with E-state index in [0.717, 1.165) is 0 Å². The molecule has 0 aromatic heterocycles. The molecule has 1 aromatic rings. The second-order valence-corrected chi connectivity index (χ2v) is 10.5. The van der Waals surface area contributed by atoms with E-state index in [1.807, 2.05) is 0 Å². The Morgan fingerprint density at radius 2 is 1.00 bits per heavy atom. The third-order valence-corrected chi connectivity index (χ3v) is 8.49. The summed E-state index contributed by atoms with van der Waals surface area (Å²) in [6.07, 6.45) is 13.4. The molecule has 0 fully saturated rings. The van der Waals surface area contributed by atoms with Crippen LogP contribution >= 0.6 is 7.92 Å². The molecule has 3 heteroatoms. The van der Waals surface area contributed by atoms with Crippen LogP contribution in [-0.2, 0) is 0 Å². The van der Waals surface area contributed by atoms with Gasteiger partial charge in [0.1, 0.15) is 0 Å². The number of hydrogen-bond acceptors (Lipinski definition) is 2. The van der Waals surface area contributed by atoms with Crippen LogP contribution in [0.4, 0.5) is 0 Å². The molecular weight excluding hydrogens is 351 g/mol. The van der Waals surface area contributed by atoms with Crippen molar-refractivity contribution < 1.29 is 9.59 Å². The standard InChI is InChI=1S/C12H10O2.C12H27P/c1-7-8(2)12(14)10-6-4-3-5-9(10)11(7)13;1-4-7-10-13(11-8-5-2)12-9-6-3/h3-6H,1-2H3;4-12H2,1-3H3/p+1. The number of Topliss-reactive ketones (excluding diaryl/α,β-unsaturated/α-hetero) is 2. The fourth-order valence-corrected chi connectivity index (χ4v) is 6.59. The summed E-state index contributed by atoms with van der Waals surface area (Å²) in [6, 6.07) is 6.95. The van der Waals surface area contributed by atoms with Gasteiger partial charge < -0.3 is 0 Å². The lowest BCUT2D eigenvalue weighted by atomic mass is 9.85. The number of hydrogen-bond donors (Lipinski definition) is 0. The Bertz CT molecular complexity index is 584. The molecule has 0 unspecified atom stereocenters. The van der Waals surface area contributed by atoms with Gasteiger partial charge >= 0.3 is 0 Å². The van der Waals surface area contributed by atoms with Gasteiger partial charge in [-0.1, -0.05) is 64.3 Å². The summed E-state index contributed by atoms with van der Waals surface area (Å²) in [7, 11) is 0.0675. The zero-order chi connectivity index (χ0) is 20.2. The van der Waals surface area contributed by atoms with Crippen LogP contribution < -0.4 is 0 Å². The molecular formula is C24H38O2P+. The monoisotopic (exact) mass is 389 g/mol. The molecule has 2 rings (SSSR count). The lowest BCUT2D eigenvalue weighted by molar-refractivity contribution is 0.0975. The Hall–Kier alpha value is -1.27. The number of allylic oxidation sites excluding steroid dienone is 2. The molecule has 1 aliphatic carbocycles. The van der Waals surface area contributed by atoms with Gasteiger partial charge in [0.25, 0.3) is 0 Å². The summed E-state index contributed by atoms with van der Waals surface area (Å²) in [6.45, 7) is 10.4. The van der Waals surface area contributed by atoms with Crippen LogP contribution in [0.15, 0.2) is 35.4 Å². The molecule has 0 aliphatic heterocycles. The summed E-state index contributed by atoms with van der Waals surface area (Å²) < 4.78 is 0. The van der Waals surface area contributed by atoms with Gasteiger partial charge in [0.05, 0.1) is 18.5 Å². The fourth-order valence-electron chi connectivity index (χ4n) is 3.28. The van der Waals surface area contributed by atoms with E-state index < -0.39 is 0 Å². The molecule has 0 saturated heterocycles.